The number of alkyl halides is 3. The van der Waals surface area contributed by atoms with Crippen molar-refractivity contribution in [1.82, 2.24) is 4.98 Å². The lowest BCUT2D eigenvalue weighted by Crippen LogP contribution is -2.25. The Morgan fingerprint density at radius 1 is 1.21 bits per heavy atom. The van der Waals surface area contributed by atoms with Crippen LogP contribution in [-0.2, 0) is 6.18 Å². The van der Waals surface area contributed by atoms with E-state index in [9.17, 15) is 13.2 Å². The molecule has 1 aromatic carbocycles. The molecule has 1 fully saturated rings. The lowest BCUT2D eigenvalue weighted by molar-refractivity contribution is -0.137. The molecular formula is C17H14F3N3O. The predicted octanol–water partition coefficient (Wildman–Crippen LogP) is 3.63. The van der Waals surface area contributed by atoms with Gasteiger partial charge in [-0.25, -0.2) is 4.98 Å². The summed E-state index contributed by atoms with van der Waals surface area (Å²) in [6.45, 7) is 1.15. The Labute approximate surface area is 137 Å². The number of halogens is 3. The molecule has 2 aromatic rings. The van der Waals surface area contributed by atoms with Crippen molar-refractivity contribution in [1.29, 1.82) is 5.26 Å². The van der Waals surface area contributed by atoms with Crippen LogP contribution in [0.5, 0.6) is 5.75 Å². The molecule has 1 saturated heterocycles. The Hall–Kier alpha value is -2.75. The summed E-state index contributed by atoms with van der Waals surface area (Å²) in [6.07, 6.45) is -2.97. The molecular weight excluding hydrogens is 319 g/mol. The molecule has 0 N–H and O–H groups in total. The summed E-state index contributed by atoms with van der Waals surface area (Å²) in [5.41, 5.74) is -0.301. The maximum absolute atomic E-state index is 12.6. The largest absolute Gasteiger partial charge is 0.487 e. The van der Waals surface area contributed by atoms with Gasteiger partial charge in [0.1, 0.15) is 23.7 Å². The number of hydrogen-bond acceptors (Lipinski definition) is 4. The van der Waals surface area contributed by atoms with Gasteiger partial charge in [0.05, 0.1) is 17.7 Å². The van der Waals surface area contributed by atoms with Gasteiger partial charge in [0.15, 0.2) is 0 Å². The zero-order valence-corrected chi connectivity index (χ0v) is 12.6. The molecule has 0 spiro atoms. The number of hydrogen-bond donors (Lipinski definition) is 0. The number of nitriles is 1. The maximum atomic E-state index is 12.6. The third kappa shape index (κ3) is 3.43. The van der Waals surface area contributed by atoms with Gasteiger partial charge in [-0.2, -0.15) is 18.4 Å². The number of pyridine rings is 1. The molecule has 0 radical (unpaired) electrons. The fourth-order valence-electron chi connectivity index (χ4n) is 2.61. The van der Waals surface area contributed by atoms with Crippen molar-refractivity contribution in [2.75, 3.05) is 18.0 Å². The minimum absolute atomic E-state index is 0.136. The van der Waals surface area contributed by atoms with Crippen LogP contribution in [-0.4, -0.2) is 24.2 Å². The van der Waals surface area contributed by atoms with Crippen LogP contribution in [0, 0.1) is 11.3 Å². The topological polar surface area (TPSA) is 49.1 Å². The van der Waals surface area contributed by atoms with E-state index >= 15 is 0 Å². The number of rotatable bonds is 3. The van der Waals surface area contributed by atoms with Crippen molar-refractivity contribution in [3.05, 3.63) is 53.7 Å². The van der Waals surface area contributed by atoms with E-state index in [2.05, 4.69) is 11.1 Å². The summed E-state index contributed by atoms with van der Waals surface area (Å²) < 4.78 is 43.6. The molecule has 3 rings (SSSR count). The highest BCUT2D eigenvalue weighted by atomic mass is 19.4. The first-order valence-corrected chi connectivity index (χ1v) is 7.41. The van der Waals surface area contributed by atoms with E-state index in [0.29, 0.717) is 36.6 Å². The normalized spacial score (nSPS) is 17.6. The van der Waals surface area contributed by atoms with Gasteiger partial charge in [-0.3, -0.25) is 0 Å². The van der Waals surface area contributed by atoms with Crippen LogP contribution >= 0.6 is 0 Å². The molecule has 2 heterocycles. The van der Waals surface area contributed by atoms with E-state index in [1.54, 1.807) is 24.3 Å². The van der Waals surface area contributed by atoms with Crippen LogP contribution < -0.4 is 9.64 Å². The number of nitrogens with zero attached hydrogens (tertiary/aromatic N) is 3. The molecule has 0 saturated carbocycles. The molecule has 0 aliphatic carbocycles. The summed E-state index contributed by atoms with van der Waals surface area (Å²) in [7, 11) is 0. The highest BCUT2D eigenvalue weighted by Gasteiger charge is 2.31. The lowest BCUT2D eigenvalue weighted by Gasteiger charge is -2.19. The van der Waals surface area contributed by atoms with E-state index < -0.39 is 11.7 Å². The van der Waals surface area contributed by atoms with E-state index in [-0.39, 0.29) is 6.10 Å². The Morgan fingerprint density at radius 2 is 2.00 bits per heavy atom. The second-order valence-electron chi connectivity index (χ2n) is 5.49. The van der Waals surface area contributed by atoms with Crippen LogP contribution in [0.25, 0.3) is 0 Å². The molecule has 1 aliphatic heterocycles. The Bertz CT molecular complexity index is 753. The molecule has 0 bridgehead atoms. The van der Waals surface area contributed by atoms with Crippen molar-refractivity contribution in [3.8, 4) is 11.8 Å². The molecule has 124 valence electrons. The first kappa shape index (κ1) is 16.1. The minimum Gasteiger partial charge on any atom is -0.487 e. The fraction of sp³-hybridized carbons (Fsp3) is 0.294. The monoisotopic (exact) mass is 333 g/mol. The lowest BCUT2D eigenvalue weighted by atomic mass is 10.2. The van der Waals surface area contributed by atoms with Gasteiger partial charge in [-0.05, 0) is 24.3 Å². The van der Waals surface area contributed by atoms with Crippen LogP contribution in [0.3, 0.4) is 0 Å². The summed E-state index contributed by atoms with van der Waals surface area (Å²) in [6, 6.07) is 11.4. The third-order valence-corrected chi connectivity index (χ3v) is 3.85. The Morgan fingerprint density at radius 3 is 2.67 bits per heavy atom. The zero-order valence-electron chi connectivity index (χ0n) is 12.6. The number of aromatic nitrogens is 1. The van der Waals surface area contributed by atoms with E-state index in [0.717, 1.165) is 12.3 Å². The molecule has 1 atom stereocenters. The second kappa shape index (κ2) is 6.40. The molecule has 24 heavy (non-hydrogen) atoms. The highest BCUT2D eigenvalue weighted by Crippen LogP contribution is 2.30. The second-order valence-corrected chi connectivity index (χ2v) is 5.49. The molecule has 0 unspecified atom stereocenters. The van der Waals surface area contributed by atoms with E-state index in [1.807, 2.05) is 4.90 Å². The SMILES string of the molecule is N#Cc1ccccc1O[C@H]1CCN(c2ccc(C(F)(F)F)cn2)C1. The van der Waals surface area contributed by atoms with Crippen molar-refractivity contribution >= 4 is 5.82 Å². The molecule has 1 aliphatic rings. The molecule has 1 aromatic heterocycles. The number of ether oxygens (including phenoxy) is 1. The first-order chi connectivity index (χ1) is 11.5. The summed E-state index contributed by atoms with van der Waals surface area (Å²) in [5.74, 6) is 1.01. The minimum atomic E-state index is -4.39. The van der Waals surface area contributed by atoms with Gasteiger partial charge in [0, 0.05) is 19.2 Å². The van der Waals surface area contributed by atoms with Crippen LogP contribution in [0.4, 0.5) is 19.0 Å². The van der Waals surface area contributed by atoms with Crippen LogP contribution in [0.2, 0.25) is 0 Å². The number of para-hydroxylation sites is 1. The van der Waals surface area contributed by atoms with E-state index in [4.69, 9.17) is 10.00 Å². The zero-order chi connectivity index (χ0) is 17.2. The number of benzene rings is 1. The average molecular weight is 333 g/mol. The third-order valence-electron chi connectivity index (χ3n) is 3.85. The van der Waals surface area contributed by atoms with Crippen LogP contribution in [0.15, 0.2) is 42.6 Å². The summed E-state index contributed by atoms with van der Waals surface area (Å²) in [4.78, 5) is 5.78. The highest BCUT2D eigenvalue weighted by molar-refractivity contribution is 5.44. The van der Waals surface area contributed by atoms with Crippen molar-refractivity contribution in [2.24, 2.45) is 0 Å². The Kier molecular flexibility index (Phi) is 4.30. The standard InChI is InChI=1S/C17H14F3N3O/c18-17(19,20)13-5-6-16(22-10-13)23-8-7-14(11-23)24-15-4-2-1-3-12(15)9-21/h1-6,10,14H,7-8,11H2/t14-/m0/s1. The smallest absolute Gasteiger partial charge is 0.417 e. The molecule has 7 heteroatoms. The molecule has 4 nitrogen and oxygen atoms in total. The van der Waals surface area contributed by atoms with Crippen molar-refractivity contribution in [2.45, 2.75) is 18.7 Å². The molecule has 0 amide bonds. The van der Waals surface area contributed by atoms with Gasteiger partial charge in [0.2, 0.25) is 0 Å². The van der Waals surface area contributed by atoms with E-state index in [1.165, 1.54) is 6.07 Å². The summed E-state index contributed by atoms with van der Waals surface area (Å²) in [5, 5.41) is 9.07. The van der Waals surface area contributed by atoms with Gasteiger partial charge >= 0.3 is 6.18 Å². The Balaban J connectivity index is 1.66. The first-order valence-electron chi connectivity index (χ1n) is 7.41. The van der Waals surface area contributed by atoms with Crippen LogP contribution in [0.1, 0.15) is 17.5 Å². The van der Waals surface area contributed by atoms with Gasteiger partial charge in [-0.1, -0.05) is 12.1 Å². The fourth-order valence-corrected chi connectivity index (χ4v) is 2.61. The van der Waals surface area contributed by atoms with Crippen molar-refractivity contribution in [3.63, 3.8) is 0 Å². The average Bonchev–Trinajstić information content (AvgIpc) is 3.03. The maximum Gasteiger partial charge on any atom is 0.417 e. The van der Waals surface area contributed by atoms with Gasteiger partial charge in [0.25, 0.3) is 0 Å². The predicted molar refractivity (Wildman–Crippen MR) is 81.6 cm³/mol. The van der Waals surface area contributed by atoms with Crippen molar-refractivity contribution < 1.29 is 17.9 Å². The van der Waals surface area contributed by atoms with Gasteiger partial charge < -0.3 is 9.64 Å². The quantitative estimate of drug-likeness (QED) is 0.861. The van der Waals surface area contributed by atoms with Gasteiger partial charge in [-0.15, -0.1) is 0 Å². The summed E-state index contributed by atoms with van der Waals surface area (Å²) >= 11 is 0. The number of anilines is 1.